The van der Waals surface area contributed by atoms with Crippen molar-refractivity contribution in [3.05, 3.63) is 96.3 Å². The first kappa shape index (κ1) is 26.1. The maximum absolute atomic E-state index is 14.0. The van der Waals surface area contributed by atoms with Crippen LogP contribution in [0.2, 0.25) is 0 Å². The summed E-state index contributed by atoms with van der Waals surface area (Å²) in [4.78, 5) is 37.9. The molecule has 5 rings (SSSR count). The monoisotopic (exact) mass is 524 g/mol. The molecule has 0 unspecified atom stereocenters. The van der Waals surface area contributed by atoms with Crippen molar-refractivity contribution in [1.29, 1.82) is 0 Å². The minimum absolute atomic E-state index is 0.0702. The van der Waals surface area contributed by atoms with Crippen LogP contribution in [0, 0.1) is 6.92 Å². The smallest absolute Gasteiger partial charge is 0.279 e. The number of hydrogen-bond donors (Lipinski definition) is 1. The van der Waals surface area contributed by atoms with E-state index in [2.05, 4.69) is 20.4 Å². The Hall–Kier alpha value is -4.53. The second kappa shape index (κ2) is 11.9. The number of ether oxygens (including phenoxy) is 1. The quantitative estimate of drug-likeness (QED) is 0.342. The molecule has 9 heteroatoms. The molecule has 2 heterocycles. The zero-order chi connectivity index (χ0) is 27.2. The van der Waals surface area contributed by atoms with Gasteiger partial charge >= 0.3 is 0 Å². The van der Waals surface area contributed by atoms with Crippen molar-refractivity contribution in [3.8, 4) is 11.5 Å². The van der Waals surface area contributed by atoms with E-state index in [1.165, 1.54) is 29.9 Å². The minimum atomic E-state index is -0.962. The van der Waals surface area contributed by atoms with Gasteiger partial charge in [0.2, 0.25) is 5.91 Å². The lowest BCUT2D eigenvalue weighted by Gasteiger charge is -2.33. The lowest BCUT2D eigenvalue weighted by molar-refractivity contribution is -0.123. The molecule has 200 valence electrons. The molecule has 1 saturated carbocycles. The molecule has 0 spiro atoms. The third-order valence-corrected chi connectivity index (χ3v) is 6.90. The molecule has 39 heavy (non-hydrogen) atoms. The number of aryl methyl sites for hydroxylation is 2. The summed E-state index contributed by atoms with van der Waals surface area (Å²) >= 11 is 0. The molecule has 1 aliphatic rings. The maximum Gasteiger partial charge on any atom is 0.279 e. The van der Waals surface area contributed by atoms with E-state index in [0.29, 0.717) is 28.4 Å². The fourth-order valence-corrected chi connectivity index (χ4v) is 5.03. The van der Waals surface area contributed by atoms with Gasteiger partial charge in [-0.25, -0.2) is 4.98 Å². The summed E-state index contributed by atoms with van der Waals surface area (Å²) < 4.78 is 7.62. The van der Waals surface area contributed by atoms with Gasteiger partial charge in [0, 0.05) is 42.9 Å². The van der Waals surface area contributed by atoms with Crippen LogP contribution in [0.4, 0.5) is 5.69 Å². The highest BCUT2D eigenvalue weighted by molar-refractivity contribution is 6.09. The van der Waals surface area contributed by atoms with Crippen LogP contribution in [-0.4, -0.2) is 37.6 Å². The molecule has 2 aromatic carbocycles. The number of aromatic nitrogens is 4. The van der Waals surface area contributed by atoms with Gasteiger partial charge < -0.3 is 10.1 Å². The molecule has 1 atom stereocenters. The maximum atomic E-state index is 14.0. The van der Waals surface area contributed by atoms with Crippen molar-refractivity contribution in [3.63, 3.8) is 0 Å². The SMILES string of the molecule is Cc1nn(C)cc1[C@H](C(=O)NC1CCCCC1)N(C(=O)c1cnccn1)c1ccc(Oc2ccccc2)cc1. The van der Waals surface area contributed by atoms with Gasteiger partial charge in [-0.15, -0.1) is 0 Å². The minimum Gasteiger partial charge on any atom is -0.457 e. The van der Waals surface area contributed by atoms with Gasteiger partial charge in [-0.1, -0.05) is 37.5 Å². The van der Waals surface area contributed by atoms with Crippen LogP contribution in [0.3, 0.4) is 0 Å². The van der Waals surface area contributed by atoms with Crippen molar-refractivity contribution < 1.29 is 14.3 Å². The summed E-state index contributed by atoms with van der Waals surface area (Å²) in [6.07, 6.45) is 11.4. The summed E-state index contributed by atoms with van der Waals surface area (Å²) in [5, 5.41) is 7.70. The highest BCUT2D eigenvalue weighted by atomic mass is 16.5. The molecule has 2 amide bonds. The van der Waals surface area contributed by atoms with Crippen LogP contribution in [-0.2, 0) is 11.8 Å². The molecule has 0 bridgehead atoms. The molecule has 0 aliphatic heterocycles. The van der Waals surface area contributed by atoms with Crippen molar-refractivity contribution >= 4 is 17.5 Å². The number of anilines is 1. The first-order chi connectivity index (χ1) is 19.0. The van der Waals surface area contributed by atoms with Crippen molar-refractivity contribution in [2.75, 3.05) is 4.90 Å². The number of carbonyl (C=O) groups is 2. The van der Waals surface area contributed by atoms with E-state index in [1.54, 1.807) is 42.2 Å². The summed E-state index contributed by atoms with van der Waals surface area (Å²) in [5.41, 5.74) is 1.98. The van der Waals surface area contributed by atoms with Crippen LogP contribution in [0.5, 0.6) is 11.5 Å². The average Bonchev–Trinajstić information content (AvgIpc) is 3.30. The van der Waals surface area contributed by atoms with Gasteiger partial charge in [0.05, 0.1) is 11.9 Å². The van der Waals surface area contributed by atoms with Gasteiger partial charge in [-0.3, -0.25) is 24.2 Å². The second-order valence-corrected chi connectivity index (χ2v) is 9.76. The fourth-order valence-electron chi connectivity index (χ4n) is 5.03. The lowest BCUT2D eigenvalue weighted by Crippen LogP contribution is -2.47. The lowest BCUT2D eigenvalue weighted by atomic mass is 9.94. The van der Waals surface area contributed by atoms with Crippen LogP contribution in [0.1, 0.15) is 59.9 Å². The highest BCUT2D eigenvalue weighted by Gasteiger charge is 2.37. The van der Waals surface area contributed by atoms with Crippen molar-refractivity contribution in [2.24, 2.45) is 7.05 Å². The number of hydrogen-bond acceptors (Lipinski definition) is 6. The predicted octanol–water partition coefficient (Wildman–Crippen LogP) is 5.15. The summed E-state index contributed by atoms with van der Waals surface area (Å²) in [7, 11) is 1.80. The normalized spacial score (nSPS) is 14.4. The Bertz CT molecular complexity index is 1400. The van der Waals surface area contributed by atoms with Crippen LogP contribution in [0.15, 0.2) is 79.4 Å². The van der Waals surface area contributed by atoms with E-state index in [4.69, 9.17) is 4.74 Å². The predicted molar refractivity (Wildman–Crippen MR) is 148 cm³/mol. The summed E-state index contributed by atoms with van der Waals surface area (Å²) in [6.45, 7) is 1.85. The molecule has 0 saturated heterocycles. The Morgan fingerprint density at radius 3 is 2.36 bits per heavy atom. The number of rotatable bonds is 8. The Labute approximate surface area is 227 Å². The molecule has 1 aliphatic carbocycles. The van der Waals surface area contributed by atoms with E-state index in [0.717, 1.165) is 25.7 Å². The Kier molecular flexibility index (Phi) is 7.96. The van der Waals surface area contributed by atoms with Crippen LogP contribution in [0.25, 0.3) is 0 Å². The first-order valence-electron chi connectivity index (χ1n) is 13.2. The van der Waals surface area contributed by atoms with Gasteiger partial charge in [0.15, 0.2) is 0 Å². The van der Waals surface area contributed by atoms with Gasteiger partial charge in [-0.2, -0.15) is 5.10 Å². The molecule has 1 fully saturated rings. The zero-order valence-corrected chi connectivity index (χ0v) is 22.2. The van der Waals surface area contributed by atoms with Crippen molar-refractivity contribution in [2.45, 2.75) is 51.1 Å². The third kappa shape index (κ3) is 6.14. The third-order valence-electron chi connectivity index (χ3n) is 6.90. The van der Waals surface area contributed by atoms with E-state index in [-0.39, 0.29) is 17.6 Å². The number of nitrogens with one attached hydrogen (secondary N) is 1. The molecular formula is C30H32N6O3. The number of nitrogens with zero attached hydrogens (tertiary/aromatic N) is 5. The zero-order valence-electron chi connectivity index (χ0n) is 22.2. The molecule has 9 nitrogen and oxygen atoms in total. The number of carbonyl (C=O) groups excluding carboxylic acids is 2. The molecule has 2 aromatic heterocycles. The fraction of sp³-hybridized carbons (Fsp3) is 0.300. The number of amides is 2. The first-order valence-corrected chi connectivity index (χ1v) is 13.2. The van der Waals surface area contributed by atoms with Crippen LogP contribution < -0.4 is 15.0 Å². The molecule has 4 aromatic rings. The van der Waals surface area contributed by atoms with Gasteiger partial charge in [0.1, 0.15) is 23.2 Å². The Balaban J connectivity index is 1.55. The number of para-hydroxylation sites is 1. The number of benzene rings is 2. The van der Waals surface area contributed by atoms with Gasteiger partial charge in [0.25, 0.3) is 5.91 Å². The standard InChI is InChI=1S/C30H32N6O3/c1-21-26(20-35(2)34-21)28(29(37)33-22-9-5-3-6-10-22)36(30(38)27-19-31-17-18-32-27)23-13-15-25(16-14-23)39-24-11-7-4-8-12-24/h4,7-8,11-20,22,28H,3,5-6,9-10H2,1-2H3,(H,33,37)/t28-/m1/s1. The van der Waals surface area contributed by atoms with Gasteiger partial charge in [-0.05, 0) is 56.2 Å². The topological polar surface area (TPSA) is 102 Å². The average molecular weight is 525 g/mol. The van der Waals surface area contributed by atoms with E-state index < -0.39 is 11.9 Å². The van der Waals surface area contributed by atoms with Crippen LogP contribution >= 0.6 is 0 Å². The summed E-state index contributed by atoms with van der Waals surface area (Å²) in [6, 6.07) is 15.7. The molecule has 1 N–H and O–H groups in total. The highest BCUT2D eigenvalue weighted by Crippen LogP contribution is 2.33. The second-order valence-electron chi connectivity index (χ2n) is 9.76. The van der Waals surface area contributed by atoms with E-state index in [9.17, 15) is 9.59 Å². The molecule has 0 radical (unpaired) electrons. The van der Waals surface area contributed by atoms with E-state index >= 15 is 0 Å². The van der Waals surface area contributed by atoms with Crippen molar-refractivity contribution in [1.82, 2.24) is 25.1 Å². The summed E-state index contributed by atoms with van der Waals surface area (Å²) in [5.74, 6) is 0.623. The van der Waals surface area contributed by atoms with E-state index in [1.807, 2.05) is 37.3 Å². The largest absolute Gasteiger partial charge is 0.457 e. The Morgan fingerprint density at radius 1 is 1.00 bits per heavy atom. The Morgan fingerprint density at radius 2 is 1.72 bits per heavy atom. The molecular weight excluding hydrogens is 492 g/mol.